The summed E-state index contributed by atoms with van der Waals surface area (Å²) in [4.78, 5) is 4.31. The van der Waals surface area contributed by atoms with Crippen molar-refractivity contribution in [3.63, 3.8) is 0 Å². The summed E-state index contributed by atoms with van der Waals surface area (Å²) in [6.45, 7) is 1.12. The summed E-state index contributed by atoms with van der Waals surface area (Å²) in [5.74, 6) is 0.622. The molecule has 0 aliphatic heterocycles. The standard InChI is InChI=1S/C13H16F3N5/c14-13(15,16)10-7-11-19-9-4-1-3-8(9)12(21(11)20-10)18-6-2-5-17/h7,18H,1-6,17H2. The molecule has 5 nitrogen and oxygen atoms in total. The van der Waals surface area contributed by atoms with Crippen molar-refractivity contribution >= 4 is 11.5 Å². The summed E-state index contributed by atoms with van der Waals surface area (Å²) in [7, 11) is 0. The molecule has 3 N–H and O–H groups in total. The van der Waals surface area contributed by atoms with Gasteiger partial charge in [0.1, 0.15) is 5.82 Å². The second-order valence-corrected chi connectivity index (χ2v) is 5.11. The van der Waals surface area contributed by atoms with Gasteiger partial charge in [-0.2, -0.15) is 22.8 Å². The molecule has 8 heteroatoms. The molecule has 1 aliphatic carbocycles. The number of rotatable bonds is 4. The van der Waals surface area contributed by atoms with E-state index in [2.05, 4.69) is 15.4 Å². The molecule has 0 aromatic carbocycles. The van der Waals surface area contributed by atoms with Crippen molar-refractivity contribution in [1.29, 1.82) is 0 Å². The van der Waals surface area contributed by atoms with Gasteiger partial charge in [0, 0.05) is 23.9 Å². The average molecular weight is 299 g/mol. The van der Waals surface area contributed by atoms with Crippen molar-refractivity contribution in [3.05, 3.63) is 23.0 Å². The number of halogens is 3. The molecule has 2 heterocycles. The molecule has 0 bridgehead atoms. The lowest BCUT2D eigenvalue weighted by Gasteiger charge is -2.12. The highest BCUT2D eigenvalue weighted by Gasteiger charge is 2.35. The maximum absolute atomic E-state index is 12.8. The van der Waals surface area contributed by atoms with Crippen LogP contribution in [0.4, 0.5) is 19.0 Å². The zero-order valence-electron chi connectivity index (χ0n) is 11.4. The predicted octanol–water partition coefficient (Wildman–Crippen LogP) is 2.00. The monoisotopic (exact) mass is 299 g/mol. The fraction of sp³-hybridized carbons (Fsp3) is 0.538. The quantitative estimate of drug-likeness (QED) is 0.847. The molecule has 0 radical (unpaired) electrons. The van der Waals surface area contributed by atoms with Crippen LogP contribution in [0.3, 0.4) is 0 Å². The van der Waals surface area contributed by atoms with Crippen LogP contribution in [-0.2, 0) is 19.0 Å². The van der Waals surface area contributed by atoms with Crippen LogP contribution in [0, 0.1) is 0 Å². The number of nitrogens with one attached hydrogen (secondary N) is 1. The predicted molar refractivity (Wildman–Crippen MR) is 72.2 cm³/mol. The second-order valence-electron chi connectivity index (χ2n) is 5.11. The van der Waals surface area contributed by atoms with Gasteiger partial charge in [-0.25, -0.2) is 4.98 Å². The number of aromatic nitrogens is 3. The van der Waals surface area contributed by atoms with E-state index < -0.39 is 11.9 Å². The maximum Gasteiger partial charge on any atom is 0.435 e. The molecule has 0 saturated carbocycles. The van der Waals surface area contributed by atoms with Crippen LogP contribution in [-0.4, -0.2) is 27.7 Å². The molecule has 21 heavy (non-hydrogen) atoms. The first-order valence-electron chi connectivity index (χ1n) is 6.93. The van der Waals surface area contributed by atoms with Crippen LogP contribution in [0.2, 0.25) is 0 Å². The van der Waals surface area contributed by atoms with E-state index in [1.54, 1.807) is 0 Å². The van der Waals surface area contributed by atoms with E-state index in [1.807, 2.05) is 0 Å². The Morgan fingerprint density at radius 2 is 2.14 bits per heavy atom. The van der Waals surface area contributed by atoms with Gasteiger partial charge >= 0.3 is 6.18 Å². The number of hydrogen-bond acceptors (Lipinski definition) is 4. The Morgan fingerprint density at radius 3 is 2.86 bits per heavy atom. The fourth-order valence-corrected chi connectivity index (χ4v) is 2.62. The fourth-order valence-electron chi connectivity index (χ4n) is 2.62. The second kappa shape index (κ2) is 5.18. The van der Waals surface area contributed by atoms with E-state index in [1.165, 1.54) is 4.52 Å². The summed E-state index contributed by atoms with van der Waals surface area (Å²) in [6, 6.07) is 0.993. The van der Waals surface area contributed by atoms with Gasteiger partial charge in [0.25, 0.3) is 0 Å². The van der Waals surface area contributed by atoms with Gasteiger partial charge in [-0.15, -0.1) is 0 Å². The van der Waals surface area contributed by atoms with Gasteiger partial charge in [0.15, 0.2) is 11.3 Å². The number of nitrogens with zero attached hydrogens (tertiary/aromatic N) is 3. The molecule has 3 rings (SSSR count). The Balaban J connectivity index is 2.09. The lowest BCUT2D eigenvalue weighted by molar-refractivity contribution is -0.141. The first kappa shape index (κ1) is 14.1. The Kier molecular flexibility index (Phi) is 3.48. The Bertz CT molecular complexity index is 662. The third kappa shape index (κ3) is 2.55. The molecule has 2 aromatic rings. The first-order valence-corrected chi connectivity index (χ1v) is 6.93. The molecule has 0 fully saturated rings. The average Bonchev–Trinajstić information content (AvgIpc) is 3.03. The lowest BCUT2D eigenvalue weighted by Crippen LogP contribution is -2.14. The minimum absolute atomic E-state index is 0.234. The molecule has 114 valence electrons. The van der Waals surface area contributed by atoms with E-state index in [-0.39, 0.29) is 5.65 Å². The molecule has 1 aliphatic rings. The summed E-state index contributed by atoms with van der Waals surface area (Å²) < 4.78 is 39.7. The molecule has 0 atom stereocenters. The normalized spacial score (nSPS) is 14.7. The summed E-state index contributed by atoms with van der Waals surface area (Å²) in [6.07, 6.45) is -1.15. The molecule has 2 aromatic heterocycles. The number of nitrogens with two attached hydrogens (primary N) is 1. The number of anilines is 1. The number of aryl methyl sites for hydroxylation is 1. The van der Waals surface area contributed by atoms with Crippen LogP contribution < -0.4 is 11.1 Å². The van der Waals surface area contributed by atoms with Gasteiger partial charge < -0.3 is 11.1 Å². The lowest BCUT2D eigenvalue weighted by atomic mass is 10.2. The number of fused-ring (bicyclic) bond motifs is 2. The van der Waals surface area contributed by atoms with Crippen LogP contribution in [0.25, 0.3) is 5.65 Å². The number of alkyl halides is 3. The Labute approximate surface area is 119 Å². The van der Waals surface area contributed by atoms with Crippen molar-refractivity contribution in [3.8, 4) is 0 Å². The first-order chi connectivity index (χ1) is 10.0. The SMILES string of the molecule is NCCCNc1c2c(nc3cc(C(F)(F)F)nn13)CCC2. The highest BCUT2D eigenvalue weighted by Crippen LogP contribution is 2.32. The third-order valence-corrected chi connectivity index (χ3v) is 3.59. The van der Waals surface area contributed by atoms with E-state index in [0.29, 0.717) is 18.9 Å². The van der Waals surface area contributed by atoms with E-state index in [4.69, 9.17) is 5.73 Å². The smallest absolute Gasteiger partial charge is 0.370 e. The minimum atomic E-state index is -4.47. The molecular weight excluding hydrogens is 283 g/mol. The van der Waals surface area contributed by atoms with Crippen molar-refractivity contribution in [2.75, 3.05) is 18.4 Å². The molecule has 0 amide bonds. The highest BCUT2D eigenvalue weighted by atomic mass is 19.4. The summed E-state index contributed by atoms with van der Waals surface area (Å²) >= 11 is 0. The topological polar surface area (TPSA) is 68.2 Å². The highest BCUT2D eigenvalue weighted by molar-refractivity contribution is 5.57. The Morgan fingerprint density at radius 1 is 1.33 bits per heavy atom. The van der Waals surface area contributed by atoms with Crippen LogP contribution in [0.5, 0.6) is 0 Å². The van der Waals surface area contributed by atoms with Gasteiger partial charge in [-0.1, -0.05) is 0 Å². The van der Waals surface area contributed by atoms with Gasteiger partial charge in [0.2, 0.25) is 0 Å². The van der Waals surface area contributed by atoms with Crippen molar-refractivity contribution in [2.45, 2.75) is 31.9 Å². The van der Waals surface area contributed by atoms with Gasteiger partial charge in [-0.3, -0.25) is 0 Å². The maximum atomic E-state index is 12.8. The zero-order chi connectivity index (χ0) is 15.0. The van der Waals surface area contributed by atoms with E-state index in [0.717, 1.165) is 43.0 Å². The molecule has 0 unspecified atom stereocenters. The van der Waals surface area contributed by atoms with Gasteiger partial charge in [-0.05, 0) is 32.2 Å². The minimum Gasteiger partial charge on any atom is -0.370 e. The van der Waals surface area contributed by atoms with Crippen molar-refractivity contribution in [2.24, 2.45) is 5.73 Å². The van der Waals surface area contributed by atoms with Crippen LogP contribution in [0.1, 0.15) is 29.8 Å². The number of hydrogen-bond donors (Lipinski definition) is 2. The van der Waals surface area contributed by atoms with Gasteiger partial charge in [0.05, 0.1) is 0 Å². The van der Waals surface area contributed by atoms with Crippen molar-refractivity contribution < 1.29 is 13.2 Å². The summed E-state index contributed by atoms with van der Waals surface area (Å²) in [5.41, 5.74) is 6.61. The van der Waals surface area contributed by atoms with Crippen LogP contribution in [0.15, 0.2) is 6.07 Å². The van der Waals surface area contributed by atoms with E-state index >= 15 is 0 Å². The summed E-state index contributed by atoms with van der Waals surface area (Å²) in [5, 5.41) is 6.84. The van der Waals surface area contributed by atoms with Crippen molar-refractivity contribution in [1.82, 2.24) is 14.6 Å². The molecule has 0 spiro atoms. The largest absolute Gasteiger partial charge is 0.435 e. The zero-order valence-corrected chi connectivity index (χ0v) is 11.4. The third-order valence-electron chi connectivity index (χ3n) is 3.59. The molecule has 0 saturated heterocycles. The Hall–Kier alpha value is -1.83. The van der Waals surface area contributed by atoms with Crippen LogP contribution >= 0.6 is 0 Å². The molecular formula is C13H16F3N5. The van der Waals surface area contributed by atoms with E-state index in [9.17, 15) is 13.2 Å².